The van der Waals surface area contributed by atoms with Crippen LogP contribution in [-0.4, -0.2) is 20.1 Å². The molecule has 1 N–H and O–H groups in total. The summed E-state index contributed by atoms with van der Waals surface area (Å²) in [5, 5.41) is 2.86. The highest BCUT2D eigenvalue weighted by Crippen LogP contribution is 2.29. The van der Waals surface area contributed by atoms with Crippen molar-refractivity contribution >= 4 is 11.6 Å². The van der Waals surface area contributed by atoms with Gasteiger partial charge in [-0.1, -0.05) is 17.2 Å². The summed E-state index contributed by atoms with van der Waals surface area (Å²) < 4.78 is 10.4. The second kappa shape index (κ2) is 6.31. The monoisotopic (exact) mass is 285 g/mol. The molecule has 0 saturated heterocycles. The van der Waals surface area contributed by atoms with Gasteiger partial charge in [0.25, 0.3) is 5.91 Å². The minimum absolute atomic E-state index is 0.173. The van der Waals surface area contributed by atoms with E-state index in [1.165, 1.54) is 0 Å². The van der Waals surface area contributed by atoms with E-state index in [-0.39, 0.29) is 5.91 Å². The Labute approximate surface area is 124 Å². The quantitative estimate of drug-likeness (QED) is 0.934. The lowest BCUT2D eigenvalue weighted by Gasteiger charge is -2.12. The van der Waals surface area contributed by atoms with E-state index >= 15 is 0 Å². The SMILES string of the molecule is COc1ccc(OC)c(NC(=O)c2cc(C)cc(C)c2)c1. The molecule has 0 spiro atoms. The third-order valence-corrected chi connectivity index (χ3v) is 3.14. The van der Waals surface area contributed by atoms with Crippen molar-refractivity contribution in [2.75, 3.05) is 19.5 Å². The highest BCUT2D eigenvalue weighted by Gasteiger charge is 2.11. The first-order valence-corrected chi connectivity index (χ1v) is 6.65. The molecular weight excluding hydrogens is 266 g/mol. The van der Waals surface area contributed by atoms with Crippen molar-refractivity contribution in [1.82, 2.24) is 0 Å². The molecule has 0 bridgehead atoms. The number of benzene rings is 2. The predicted molar refractivity (Wildman–Crippen MR) is 83.4 cm³/mol. The molecule has 0 heterocycles. The summed E-state index contributed by atoms with van der Waals surface area (Å²) in [5.74, 6) is 1.08. The van der Waals surface area contributed by atoms with Gasteiger partial charge in [0.15, 0.2) is 0 Å². The average Bonchev–Trinajstić information content (AvgIpc) is 2.46. The van der Waals surface area contributed by atoms with E-state index in [0.29, 0.717) is 22.7 Å². The van der Waals surface area contributed by atoms with Gasteiger partial charge in [-0.3, -0.25) is 4.79 Å². The molecule has 2 aromatic carbocycles. The number of methoxy groups -OCH3 is 2. The Bertz CT molecular complexity index is 645. The number of aryl methyl sites for hydroxylation is 2. The number of amides is 1. The van der Waals surface area contributed by atoms with Crippen LogP contribution in [-0.2, 0) is 0 Å². The van der Waals surface area contributed by atoms with Crippen molar-refractivity contribution in [3.63, 3.8) is 0 Å². The Morgan fingerprint density at radius 2 is 1.62 bits per heavy atom. The van der Waals surface area contributed by atoms with Crippen LogP contribution in [0.5, 0.6) is 11.5 Å². The van der Waals surface area contributed by atoms with Crippen LogP contribution < -0.4 is 14.8 Å². The minimum Gasteiger partial charge on any atom is -0.497 e. The minimum atomic E-state index is -0.173. The number of ether oxygens (including phenoxy) is 2. The first-order chi connectivity index (χ1) is 10.0. The smallest absolute Gasteiger partial charge is 0.255 e. The van der Waals surface area contributed by atoms with Crippen LogP contribution in [0.15, 0.2) is 36.4 Å². The summed E-state index contributed by atoms with van der Waals surface area (Å²) in [5.41, 5.74) is 3.31. The number of anilines is 1. The lowest BCUT2D eigenvalue weighted by atomic mass is 10.1. The maximum Gasteiger partial charge on any atom is 0.255 e. The Kier molecular flexibility index (Phi) is 4.48. The van der Waals surface area contributed by atoms with Crippen molar-refractivity contribution in [1.29, 1.82) is 0 Å². The molecule has 21 heavy (non-hydrogen) atoms. The van der Waals surface area contributed by atoms with Crippen molar-refractivity contribution < 1.29 is 14.3 Å². The summed E-state index contributed by atoms with van der Waals surface area (Å²) in [4.78, 5) is 12.4. The van der Waals surface area contributed by atoms with Gasteiger partial charge in [-0.15, -0.1) is 0 Å². The van der Waals surface area contributed by atoms with Crippen LogP contribution in [0, 0.1) is 13.8 Å². The molecule has 1 amide bonds. The lowest BCUT2D eigenvalue weighted by molar-refractivity contribution is 0.102. The molecule has 0 unspecified atom stereocenters. The highest BCUT2D eigenvalue weighted by molar-refractivity contribution is 6.05. The fourth-order valence-electron chi connectivity index (χ4n) is 2.21. The molecule has 0 aliphatic carbocycles. The zero-order valence-electron chi connectivity index (χ0n) is 12.7. The molecule has 110 valence electrons. The summed E-state index contributed by atoms with van der Waals surface area (Å²) in [6.07, 6.45) is 0. The number of rotatable bonds is 4. The first kappa shape index (κ1) is 14.9. The fourth-order valence-corrected chi connectivity index (χ4v) is 2.21. The van der Waals surface area contributed by atoms with Gasteiger partial charge in [0, 0.05) is 11.6 Å². The Morgan fingerprint density at radius 1 is 0.952 bits per heavy atom. The van der Waals surface area contributed by atoms with E-state index in [2.05, 4.69) is 5.32 Å². The normalized spacial score (nSPS) is 10.1. The van der Waals surface area contributed by atoms with Crippen LogP contribution in [0.1, 0.15) is 21.5 Å². The van der Waals surface area contributed by atoms with Gasteiger partial charge in [-0.2, -0.15) is 0 Å². The fraction of sp³-hybridized carbons (Fsp3) is 0.235. The number of hydrogen-bond acceptors (Lipinski definition) is 3. The van der Waals surface area contributed by atoms with E-state index in [1.54, 1.807) is 32.4 Å². The molecule has 0 fully saturated rings. The van der Waals surface area contributed by atoms with E-state index < -0.39 is 0 Å². The van der Waals surface area contributed by atoms with Crippen LogP contribution >= 0.6 is 0 Å². The Balaban J connectivity index is 2.30. The molecule has 0 aliphatic rings. The standard InChI is InChI=1S/C17H19NO3/c1-11-7-12(2)9-13(8-11)17(19)18-15-10-14(20-3)5-6-16(15)21-4/h5-10H,1-4H3,(H,18,19). The van der Waals surface area contributed by atoms with E-state index in [4.69, 9.17) is 9.47 Å². The number of hydrogen-bond donors (Lipinski definition) is 1. The van der Waals surface area contributed by atoms with E-state index in [9.17, 15) is 4.79 Å². The Hall–Kier alpha value is -2.49. The maximum absolute atomic E-state index is 12.4. The van der Waals surface area contributed by atoms with E-state index in [0.717, 1.165) is 11.1 Å². The summed E-state index contributed by atoms with van der Waals surface area (Å²) >= 11 is 0. The van der Waals surface area contributed by atoms with Gasteiger partial charge >= 0.3 is 0 Å². The largest absolute Gasteiger partial charge is 0.497 e. The van der Waals surface area contributed by atoms with Gasteiger partial charge in [0.2, 0.25) is 0 Å². The van der Waals surface area contributed by atoms with Crippen LogP contribution in [0.25, 0.3) is 0 Å². The molecular formula is C17H19NO3. The molecule has 4 heteroatoms. The topological polar surface area (TPSA) is 47.6 Å². The van der Waals surface area contributed by atoms with Crippen molar-refractivity contribution in [3.05, 3.63) is 53.1 Å². The van der Waals surface area contributed by atoms with Crippen molar-refractivity contribution in [2.45, 2.75) is 13.8 Å². The predicted octanol–water partition coefficient (Wildman–Crippen LogP) is 3.57. The van der Waals surface area contributed by atoms with Crippen LogP contribution in [0.4, 0.5) is 5.69 Å². The lowest BCUT2D eigenvalue weighted by Crippen LogP contribution is -2.13. The van der Waals surface area contributed by atoms with Crippen molar-refractivity contribution in [3.8, 4) is 11.5 Å². The number of carbonyl (C=O) groups is 1. The number of nitrogens with one attached hydrogen (secondary N) is 1. The van der Waals surface area contributed by atoms with Gasteiger partial charge in [0.1, 0.15) is 11.5 Å². The number of carbonyl (C=O) groups excluding carboxylic acids is 1. The maximum atomic E-state index is 12.4. The molecule has 4 nitrogen and oxygen atoms in total. The third kappa shape index (κ3) is 3.54. The van der Waals surface area contributed by atoms with E-state index in [1.807, 2.05) is 32.0 Å². The highest BCUT2D eigenvalue weighted by atomic mass is 16.5. The molecule has 0 saturated carbocycles. The molecule has 0 atom stereocenters. The molecule has 0 aliphatic heterocycles. The molecule has 0 aromatic heterocycles. The zero-order chi connectivity index (χ0) is 15.4. The van der Waals surface area contributed by atoms with Crippen LogP contribution in [0.2, 0.25) is 0 Å². The van der Waals surface area contributed by atoms with Gasteiger partial charge in [-0.05, 0) is 38.1 Å². The third-order valence-electron chi connectivity index (χ3n) is 3.14. The summed E-state index contributed by atoms with van der Waals surface area (Å²) in [6.45, 7) is 3.94. The molecule has 2 aromatic rings. The van der Waals surface area contributed by atoms with Gasteiger partial charge < -0.3 is 14.8 Å². The molecule has 2 rings (SSSR count). The second-order valence-electron chi connectivity index (χ2n) is 4.90. The van der Waals surface area contributed by atoms with Crippen LogP contribution in [0.3, 0.4) is 0 Å². The van der Waals surface area contributed by atoms with Gasteiger partial charge in [0.05, 0.1) is 19.9 Å². The second-order valence-corrected chi connectivity index (χ2v) is 4.90. The summed E-state index contributed by atoms with van der Waals surface area (Å²) in [7, 11) is 3.14. The van der Waals surface area contributed by atoms with Crippen molar-refractivity contribution in [2.24, 2.45) is 0 Å². The average molecular weight is 285 g/mol. The zero-order valence-corrected chi connectivity index (χ0v) is 12.7. The van der Waals surface area contributed by atoms with Gasteiger partial charge in [-0.25, -0.2) is 0 Å². The Morgan fingerprint density at radius 3 is 2.19 bits per heavy atom. The summed E-state index contributed by atoms with van der Waals surface area (Å²) in [6, 6.07) is 11.0. The molecule has 0 radical (unpaired) electrons. The first-order valence-electron chi connectivity index (χ1n) is 6.65.